The second kappa shape index (κ2) is 6.58. The van der Waals surface area contributed by atoms with Crippen molar-refractivity contribution in [2.45, 2.75) is 25.8 Å². The Bertz CT molecular complexity index is 1000. The summed E-state index contributed by atoms with van der Waals surface area (Å²) in [4.78, 5) is 36.2. The van der Waals surface area contributed by atoms with E-state index >= 15 is 0 Å². The van der Waals surface area contributed by atoms with Gasteiger partial charge in [-0.1, -0.05) is 0 Å². The summed E-state index contributed by atoms with van der Waals surface area (Å²) < 4.78 is 7.50. The standard InChI is InChI=1S/C17H18N6O3/c1-11(24)22-6-3-12(4-7-22)23-10-13(8-19-23)26-17-20-15-9-18-5-2-14(15)16(25)21-17/h2,5,8-10,12H,3-4,6-7H2,1H3,(H,20,21,25). The van der Waals surface area contributed by atoms with Gasteiger partial charge >= 0.3 is 6.01 Å². The number of likely N-dealkylation sites (tertiary alicyclic amines) is 1. The van der Waals surface area contributed by atoms with Crippen LogP contribution in [0.4, 0.5) is 0 Å². The molecule has 0 spiro atoms. The molecular formula is C17H18N6O3. The van der Waals surface area contributed by atoms with Gasteiger partial charge in [0.05, 0.1) is 35.5 Å². The maximum atomic E-state index is 12.1. The van der Waals surface area contributed by atoms with E-state index in [2.05, 4.69) is 20.1 Å². The molecular weight excluding hydrogens is 336 g/mol. The van der Waals surface area contributed by atoms with Crippen LogP contribution < -0.4 is 10.3 Å². The minimum atomic E-state index is -0.281. The molecule has 0 unspecified atom stereocenters. The van der Waals surface area contributed by atoms with Crippen LogP contribution in [0.15, 0.2) is 35.6 Å². The average molecular weight is 354 g/mol. The van der Waals surface area contributed by atoms with Gasteiger partial charge in [-0.3, -0.25) is 24.2 Å². The van der Waals surface area contributed by atoms with Crippen LogP contribution in [0.5, 0.6) is 11.8 Å². The fourth-order valence-corrected chi connectivity index (χ4v) is 3.15. The predicted octanol–water partition coefficient (Wildman–Crippen LogP) is 1.49. The summed E-state index contributed by atoms with van der Waals surface area (Å²) in [7, 11) is 0. The van der Waals surface area contributed by atoms with E-state index in [1.54, 1.807) is 31.6 Å². The molecule has 1 N–H and O–H groups in total. The number of ether oxygens (including phenoxy) is 1. The van der Waals surface area contributed by atoms with E-state index < -0.39 is 0 Å². The van der Waals surface area contributed by atoms with E-state index in [1.165, 1.54) is 6.20 Å². The highest BCUT2D eigenvalue weighted by molar-refractivity contribution is 5.76. The molecule has 1 amide bonds. The molecule has 0 radical (unpaired) electrons. The number of piperidine rings is 1. The van der Waals surface area contributed by atoms with Crippen molar-refractivity contribution in [1.29, 1.82) is 0 Å². The van der Waals surface area contributed by atoms with E-state index in [-0.39, 0.29) is 23.5 Å². The lowest BCUT2D eigenvalue weighted by Gasteiger charge is -2.31. The quantitative estimate of drug-likeness (QED) is 0.764. The third-order valence-corrected chi connectivity index (χ3v) is 4.56. The number of aromatic amines is 1. The number of nitrogens with zero attached hydrogens (tertiary/aromatic N) is 5. The minimum Gasteiger partial charge on any atom is -0.422 e. The normalized spacial score (nSPS) is 15.3. The second-order valence-corrected chi connectivity index (χ2v) is 6.26. The summed E-state index contributed by atoms with van der Waals surface area (Å²) >= 11 is 0. The van der Waals surface area contributed by atoms with Crippen molar-refractivity contribution < 1.29 is 9.53 Å². The summed E-state index contributed by atoms with van der Waals surface area (Å²) in [5.74, 6) is 0.596. The van der Waals surface area contributed by atoms with Gasteiger partial charge in [0.25, 0.3) is 5.56 Å². The van der Waals surface area contributed by atoms with E-state index in [0.29, 0.717) is 16.7 Å². The molecule has 134 valence electrons. The molecule has 0 bridgehead atoms. The van der Waals surface area contributed by atoms with Gasteiger partial charge in [-0.05, 0) is 18.9 Å². The summed E-state index contributed by atoms with van der Waals surface area (Å²) in [6.45, 7) is 3.04. The van der Waals surface area contributed by atoms with Gasteiger partial charge in [0.2, 0.25) is 5.91 Å². The number of amides is 1. The number of hydrogen-bond acceptors (Lipinski definition) is 6. The molecule has 0 atom stereocenters. The lowest BCUT2D eigenvalue weighted by Crippen LogP contribution is -2.37. The maximum absolute atomic E-state index is 12.1. The van der Waals surface area contributed by atoms with Crippen molar-refractivity contribution in [3.8, 4) is 11.8 Å². The lowest BCUT2D eigenvalue weighted by atomic mass is 10.1. The first-order valence-electron chi connectivity index (χ1n) is 8.42. The number of fused-ring (bicyclic) bond motifs is 1. The highest BCUT2D eigenvalue weighted by Crippen LogP contribution is 2.25. The summed E-state index contributed by atoms with van der Waals surface area (Å²) in [6.07, 6.45) is 8.12. The zero-order valence-corrected chi connectivity index (χ0v) is 14.3. The van der Waals surface area contributed by atoms with Crippen molar-refractivity contribution in [2.24, 2.45) is 0 Å². The van der Waals surface area contributed by atoms with Crippen molar-refractivity contribution in [1.82, 2.24) is 29.6 Å². The number of rotatable bonds is 3. The fourth-order valence-electron chi connectivity index (χ4n) is 3.15. The Morgan fingerprint density at radius 3 is 2.88 bits per heavy atom. The summed E-state index contributed by atoms with van der Waals surface area (Å²) in [5, 5.41) is 4.81. The van der Waals surface area contributed by atoms with Crippen LogP contribution >= 0.6 is 0 Å². The topological polar surface area (TPSA) is 106 Å². The Morgan fingerprint density at radius 2 is 2.12 bits per heavy atom. The van der Waals surface area contributed by atoms with Crippen molar-refractivity contribution in [2.75, 3.05) is 13.1 Å². The fraction of sp³-hybridized carbons (Fsp3) is 0.353. The monoisotopic (exact) mass is 354 g/mol. The first kappa shape index (κ1) is 16.2. The molecule has 3 aromatic heterocycles. The molecule has 3 aromatic rings. The van der Waals surface area contributed by atoms with Gasteiger partial charge in [0.1, 0.15) is 0 Å². The number of hydrogen-bond donors (Lipinski definition) is 1. The van der Waals surface area contributed by atoms with Gasteiger partial charge in [0.15, 0.2) is 5.75 Å². The molecule has 0 aromatic carbocycles. The third kappa shape index (κ3) is 3.15. The number of carbonyl (C=O) groups is 1. The SMILES string of the molecule is CC(=O)N1CCC(n2cc(Oc3nc4cnccc4c(=O)[nH]3)cn2)CC1. The molecule has 1 saturated heterocycles. The third-order valence-electron chi connectivity index (χ3n) is 4.56. The molecule has 9 heteroatoms. The molecule has 4 rings (SSSR count). The van der Waals surface area contributed by atoms with Gasteiger partial charge < -0.3 is 9.64 Å². The number of carbonyl (C=O) groups excluding carboxylic acids is 1. The van der Waals surface area contributed by atoms with Crippen LogP contribution in [0.25, 0.3) is 10.9 Å². The number of H-pyrrole nitrogens is 1. The Kier molecular flexibility index (Phi) is 4.11. The Morgan fingerprint density at radius 1 is 1.31 bits per heavy atom. The number of nitrogens with one attached hydrogen (secondary N) is 1. The predicted molar refractivity (Wildman–Crippen MR) is 93.0 cm³/mol. The van der Waals surface area contributed by atoms with Crippen molar-refractivity contribution >= 4 is 16.8 Å². The Balaban J connectivity index is 1.49. The van der Waals surface area contributed by atoms with E-state index in [1.807, 2.05) is 9.58 Å². The van der Waals surface area contributed by atoms with Gasteiger partial charge in [-0.2, -0.15) is 10.1 Å². The minimum absolute atomic E-state index is 0.0986. The molecule has 4 heterocycles. The van der Waals surface area contributed by atoms with Crippen LogP contribution in [-0.4, -0.2) is 48.6 Å². The van der Waals surface area contributed by atoms with Gasteiger partial charge in [-0.25, -0.2) is 0 Å². The first-order valence-corrected chi connectivity index (χ1v) is 8.42. The lowest BCUT2D eigenvalue weighted by molar-refractivity contribution is -0.130. The highest BCUT2D eigenvalue weighted by atomic mass is 16.5. The van der Waals surface area contributed by atoms with Crippen LogP contribution in [0.2, 0.25) is 0 Å². The van der Waals surface area contributed by atoms with Crippen LogP contribution in [0.1, 0.15) is 25.8 Å². The van der Waals surface area contributed by atoms with Crippen LogP contribution in [0.3, 0.4) is 0 Å². The largest absolute Gasteiger partial charge is 0.422 e. The Hall–Kier alpha value is -3.23. The molecule has 1 aliphatic rings. The van der Waals surface area contributed by atoms with Crippen LogP contribution in [0, 0.1) is 0 Å². The van der Waals surface area contributed by atoms with Gasteiger partial charge in [-0.15, -0.1) is 0 Å². The van der Waals surface area contributed by atoms with Gasteiger partial charge in [0, 0.05) is 26.2 Å². The molecule has 0 aliphatic carbocycles. The number of pyridine rings is 1. The smallest absolute Gasteiger partial charge is 0.302 e. The van der Waals surface area contributed by atoms with E-state index in [4.69, 9.17) is 4.74 Å². The molecule has 1 aliphatic heterocycles. The molecule has 1 fully saturated rings. The second-order valence-electron chi connectivity index (χ2n) is 6.26. The summed E-state index contributed by atoms with van der Waals surface area (Å²) in [5.41, 5.74) is 0.187. The average Bonchev–Trinajstić information content (AvgIpc) is 3.10. The zero-order chi connectivity index (χ0) is 18.1. The van der Waals surface area contributed by atoms with Crippen LogP contribution in [-0.2, 0) is 4.79 Å². The summed E-state index contributed by atoms with van der Waals surface area (Å²) in [6, 6.07) is 1.92. The molecule has 26 heavy (non-hydrogen) atoms. The zero-order valence-electron chi connectivity index (χ0n) is 14.3. The van der Waals surface area contributed by atoms with E-state index in [9.17, 15) is 9.59 Å². The van der Waals surface area contributed by atoms with Crippen molar-refractivity contribution in [3.05, 3.63) is 41.2 Å². The highest BCUT2D eigenvalue weighted by Gasteiger charge is 2.22. The van der Waals surface area contributed by atoms with E-state index in [0.717, 1.165) is 25.9 Å². The molecule has 9 nitrogen and oxygen atoms in total. The van der Waals surface area contributed by atoms with Crippen molar-refractivity contribution in [3.63, 3.8) is 0 Å². The number of aromatic nitrogens is 5. The Labute approximate surface area is 148 Å². The first-order chi connectivity index (χ1) is 12.6. The molecule has 0 saturated carbocycles. The maximum Gasteiger partial charge on any atom is 0.302 e.